The smallest absolute Gasteiger partial charge is 0.329 e. The number of hydrogen-bond acceptors (Lipinski definition) is 3. The number of piperidine rings is 1. The van der Waals surface area contributed by atoms with Gasteiger partial charge in [-0.05, 0) is 37.0 Å². The summed E-state index contributed by atoms with van der Waals surface area (Å²) in [5.41, 5.74) is 0.377. The minimum absolute atomic E-state index is 0.133. The van der Waals surface area contributed by atoms with E-state index in [0.717, 1.165) is 31.8 Å². The van der Waals surface area contributed by atoms with Crippen molar-refractivity contribution in [1.29, 1.82) is 0 Å². The Labute approximate surface area is 128 Å². The van der Waals surface area contributed by atoms with Gasteiger partial charge in [0.1, 0.15) is 6.61 Å². The van der Waals surface area contributed by atoms with Crippen molar-refractivity contribution in [2.45, 2.75) is 71.4 Å². The van der Waals surface area contributed by atoms with E-state index in [-0.39, 0.29) is 12.7 Å². The van der Waals surface area contributed by atoms with Gasteiger partial charge in [0.2, 0.25) is 0 Å². The summed E-state index contributed by atoms with van der Waals surface area (Å²) in [5.74, 6) is -0.0831. The van der Waals surface area contributed by atoms with E-state index in [0.29, 0.717) is 11.5 Å². The van der Waals surface area contributed by atoms with Crippen molar-refractivity contribution in [3.8, 4) is 0 Å². The minimum Gasteiger partial charge on any atom is -0.480 e. The van der Waals surface area contributed by atoms with E-state index in [4.69, 9.17) is 9.84 Å². The van der Waals surface area contributed by atoms with Gasteiger partial charge in [0.25, 0.3) is 0 Å². The molecule has 1 aliphatic carbocycles. The van der Waals surface area contributed by atoms with Crippen LogP contribution in [0.1, 0.15) is 59.3 Å². The Bertz CT molecular complexity index is 342. The first-order chi connectivity index (χ1) is 9.88. The Morgan fingerprint density at radius 3 is 2.33 bits per heavy atom. The predicted molar refractivity (Wildman–Crippen MR) is 83.4 cm³/mol. The maximum Gasteiger partial charge on any atom is 0.329 e. The molecule has 2 aliphatic rings. The second-order valence-electron chi connectivity index (χ2n) is 7.76. The van der Waals surface area contributed by atoms with Crippen LogP contribution < -0.4 is 0 Å². The molecule has 2 atom stereocenters. The first-order valence-corrected chi connectivity index (χ1v) is 8.45. The third-order valence-electron chi connectivity index (χ3n) is 5.23. The van der Waals surface area contributed by atoms with E-state index in [2.05, 4.69) is 25.7 Å². The lowest BCUT2D eigenvalue weighted by Gasteiger charge is -2.47. The third kappa shape index (κ3) is 4.68. The molecule has 4 heteroatoms. The summed E-state index contributed by atoms with van der Waals surface area (Å²) in [4.78, 5) is 13.2. The van der Waals surface area contributed by atoms with Crippen LogP contribution in [0.15, 0.2) is 0 Å². The third-order valence-corrected chi connectivity index (χ3v) is 5.23. The number of hydrogen-bond donors (Lipinski definition) is 1. The molecular formula is C17H31NO3. The number of carboxylic acid groups (broad SMARTS) is 1. The topological polar surface area (TPSA) is 49.8 Å². The maximum atomic E-state index is 10.6. The second kappa shape index (κ2) is 7.10. The van der Waals surface area contributed by atoms with Gasteiger partial charge in [-0.25, -0.2) is 4.79 Å². The molecule has 2 fully saturated rings. The second-order valence-corrected chi connectivity index (χ2v) is 7.76. The van der Waals surface area contributed by atoms with Gasteiger partial charge in [-0.15, -0.1) is 0 Å². The average molecular weight is 297 g/mol. The lowest BCUT2D eigenvalue weighted by Crippen LogP contribution is -2.50. The summed E-state index contributed by atoms with van der Waals surface area (Å²) in [6, 6.07) is 0.708. The zero-order chi connectivity index (χ0) is 15.5. The summed E-state index contributed by atoms with van der Waals surface area (Å²) in [6.07, 6.45) is 7.48. The van der Waals surface area contributed by atoms with Crippen molar-refractivity contribution in [1.82, 2.24) is 4.90 Å². The van der Waals surface area contributed by atoms with Crippen LogP contribution in [0.25, 0.3) is 0 Å². The normalized spacial score (nSPS) is 29.5. The molecule has 0 aromatic rings. The lowest BCUT2D eigenvalue weighted by molar-refractivity contribution is -0.145. The average Bonchev–Trinajstić information content (AvgIpc) is 2.45. The standard InChI is InChI=1S/C17H31NO3/c1-17(2,3)14-6-4-5-7-15(14)18-10-8-13(9-11-18)21-12-16(19)20/h13-15H,4-12H2,1-3H3,(H,19,20). The van der Waals surface area contributed by atoms with Crippen LogP contribution in [0.2, 0.25) is 0 Å². The molecule has 1 N–H and O–H groups in total. The summed E-state index contributed by atoms with van der Waals surface area (Å²) >= 11 is 0. The Kier molecular flexibility index (Phi) is 5.67. The highest BCUT2D eigenvalue weighted by molar-refractivity contribution is 5.68. The van der Waals surface area contributed by atoms with Crippen LogP contribution in [0.3, 0.4) is 0 Å². The number of ether oxygens (including phenoxy) is 1. The van der Waals surface area contributed by atoms with Crippen LogP contribution in [-0.4, -0.2) is 47.8 Å². The van der Waals surface area contributed by atoms with Crippen LogP contribution in [0.4, 0.5) is 0 Å². The van der Waals surface area contributed by atoms with Gasteiger partial charge in [-0.1, -0.05) is 33.6 Å². The predicted octanol–water partition coefficient (Wildman–Crippen LogP) is 3.16. The Balaban J connectivity index is 1.86. The molecule has 0 aromatic heterocycles. The van der Waals surface area contributed by atoms with E-state index < -0.39 is 5.97 Å². The zero-order valence-corrected chi connectivity index (χ0v) is 13.8. The fourth-order valence-corrected chi connectivity index (χ4v) is 4.12. The van der Waals surface area contributed by atoms with Crippen molar-refractivity contribution in [2.24, 2.45) is 11.3 Å². The highest BCUT2D eigenvalue weighted by Crippen LogP contribution is 2.41. The van der Waals surface area contributed by atoms with Gasteiger partial charge >= 0.3 is 5.97 Å². The fourth-order valence-electron chi connectivity index (χ4n) is 4.12. The van der Waals surface area contributed by atoms with Crippen molar-refractivity contribution in [2.75, 3.05) is 19.7 Å². The monoisotopic (exact) mass is 297 g/mol. The highest BCUT2D eigenvalue weighted by Gasteiger charge is 2.38. The summed E-state index contributed by atoms with van der Waals surface area (Å²) in [7, 11) is 0. The molecule has 0 spiro atoms. The molecule has 4 nitrogen and oxygen atoms in total. The van der Waals surface area contributed by atoms with E-state index in [1.807, 2.05) is 0 Å². The number of nitrogens with zero attached hydrogens (tertiary/aromatic N) is 1. The molecule has 1 heterocycles. The van der Waals surface area contributed by atoms with Crippen LogP contribution >= 0.6 is 0 Å². The van der Waals surface area contributed by atoms with Crippen LogP contribution in [0, 0.1) is 11.3 Å². The quantitative estimate of drug-likeness (QED) is 0.866. The summed E-state index contributed by atoms with van der Waals surface area (Å²) < 4.78 is 5.45. The van der Waals surface area contributed by atoms with Crippen molar-refractivity contribution in [3.05, 3.63) is 0 Å². The molecule has 1 saturated heterocycles. The maximum absolute atomic E-state index is 10.6. The van der Waals surface area contributed by atoms with Gasteiger partial charge < -0.3 is 9.84 Å². The van der Waals surface area contributed by atoms with Gasteiger partial charge in [0, 0.05) is 19.1 Å². The Morgan fingerprint density at radius 2 is 1.76 bits per heavy atom. The van der Waals surface area contributed by atoms with Crippen molar-refractivity contribution < 1.29 is 14.6 Å². The van der Waals surface area contributed by atoms with Crippen molar-refractivity contribution in [3.63, 3.8) is 0 Å². The molecule has 0 bridgehead atoms. The molecule has 0 amide bonds. The van der Waals surface area contributed by atoms with Crippen molar-refractivity contribution >= 4 is 5.97 Å². The molecule has 1 aliphatic heterocycles. The summed E-state index contributed by atoms with van der Waals surface area (Å²) in [5, 5.41) is 8.69. The zero-order valence-electron chi connectivity index (χ0n) is 13.8. The number of carboxylic acids is 1. The Morgan fingerprint density at radius 1 is 1.14 bits per heavy atom. The first kappa shape index (κ1) is 16.8. The van der Waals surface area contributed by atoms with E-state index in [9.17, 15) is 4.79 Å². The Hall–Kier alpha value is -0.610. The highest BCUT2D eigenvalue weighted by atomic mass is 16.5. The van der Waals surface area contributed by atoms with Gasteiger partial charge in [-0.2, -0.15) is 0 Å². The van der Waals surface area contributed by atoms with Gasteiger partial charge in [-0.3, -0.25) is 4.90 Å². The fraction of sp³-hybridized carbons (Fsp3) is 0.941. The van der Waals surface area contributed by atoms with E-state index in [1.54, 1.807) is 0 Å². The molecule has 122 valence electrons. The number of aliphatic carboxylic acids is 1. The molecule has 0 aromatic carbocycles. The summed E-state index contributed by atoms with van der Waals surface area (Å²) in [6.45, 7) is 9.08. The minimum atomic E-state index is -0.863. The largest absolute Gasteiger partial charge is 0.480 e. The van der Waals surface area contributed by atoms with Gasteiger partial charge in [0.05, 0.1) is 6.10 Å². The number of likely N-dealkylation sites (tertiary alicyclic amines) is 1. The molecular weight excluding hydrogens is 266 g/mol. The molecule has 21 heavy (non-hydrogen) atoms. The molecule has 2 rings (SSSR count). The molecule has 2 unspecified atom stereocenters. The molecule has 0 radical (unpaired) electrons. The van der Waals surface area contributed by atoms with Gasteiger partial charge in [0.15, 0.2) is 0 Å². The lowest BCUT2D eigenvalue weighted by atomic mass is 9.69. The first-order valence-electron chi connectivity index (χ1n) is 8.45. The molecule has 1 saturated carbocycles. The van der Waals surface area contributed by atoms with E-state index >= 15 is 0 Å². The van der Waals surface area contributed by atoms with E-state index in [1.165, 1.54) is 25.7 Å². The SMILES string of the molecule is CC(C)(C)C1CCCCC1N1CCC(OCC(=O)O)CC1. The number of carbonyl (C=O) groups is 1. The number of rotatable bonds is 4. The van der Waals surface area contributed by atoms with Crippen LogP contribution in [0.5, 0.6) is 0 Å². The van der Waals surface area contributed by atoms with Crippen LogP contribution in [-0.2, 0) is 9.53 Å².